The minimum atomic E-state index is -0.0252. The SMILES string of the molecule is CCc1nccn1CC1CN(c2nccn(C)c2=O)C1. The summed E-state index contributed by atoms with van der Waals surface area (Å²) in [4.78, 5) is 22.6. The molecule has 0 amide bonds. The highest BCUT2D eigenvalue weighted by Crippen LogP contribution is 2.21. The van der Waals surface area contributed by atoms with E-state index in [2.05, 4.69) is 26.4 Å². The summed E-state index contributed by atoms with van der Waals surface area (Å²) < 4.78 is 3.78. The largest absolute Gasteiger partial charge is 0.351 e. The van der Waals surface area contributed by atoms with E-state index in [9.17, 15) is 4.79 Å². The van der Waals surface area contributed by atoms with Crippen LogP contribution in [0.2, 0.25) is 0 Å². The Morgan fingerprint density at radius 2 is 2.00 bits per heavy atom. The molecule has 0 aliphatic carbocycles. The molecule has 1 aliphatic rings. The van der Waals surface area contributed by atoms with Crippen molar-refractivity contribution in [3.05, 3.63) is 41.0 Å². The van der Waals surface area contributed by atoms with Crippen LogP contribution in [0.1, 0.15) is 12.7 Å². The van der Waals surface area contributed by atoms with Gasteiger partial charge in [0, 0.05) is 63.8 Å². The first kappa shape index (κ1) is 12.9. The van der Waals surface area contributed by atoms with Crippen LogP contribution >= 0.6 is 0 Å². The highest BCUT2D eigenvalue weighted by molar-refractivity contribution is 5.39. The van der Waals surface area contributed by atoms with Crippen LogP contribution in [-0.2, 0) is 20.0 Å². The first-order valence-electron chi connectivity index (χ1n) is 6.95. The summed E-state index contributed by atoms with van der Waals surface area (Å²) >= 11 is 0. The molecular formula is C14H19N5O. The molecule has 3 rings (SSSR count). The van der Waals surface area contributed by atoms with Crippen molar-refractivity contribution in [2.75, 3.05) is 18.0 Å². The fourth-order valence-corrected chi connectivity index (χ4v) is 2.66. The highest BCUT2D eigenvalue weighted by Gasteiger charge is 2.30. The molecule has 0 radical (unpaired) electrons. The Morgan fingerprint density at radius 3 is 2.75 bits per heavy atom. The van der Waals surface area contributed by atoms with Gasteiger partial charge in [0.25, 0.3) is 5.56 Å². The van der Waals surface area contributed by atoms with E-state index in [1.165, 1.54) is 0 Å². The third-order valence-electron chi connectivity index (χ3n) is 3.83. The van der Waals surface area contributed by atoms with E-state index in [-0.39, 0.29) is 5.56 Å². The van der Waals surface area contributed by atoms with Crippen molar-refractivity contribution in [1.82, 2.24) is 19.1 Å². The second-order valence-corrected chi connectivity index (χ2v) is 5.29. The highest BCUT2D eigenvalue weighted by atomic mass is 16.1. The normalized spacial score (nSPS) is 15.4. The zero-order valence-electron chi connectivity index (χ0n) is 11.9. The minimum Gasteiger partial charge on any atom is -0.351 e. The topological polar surface area (TPSA) is 56.0 Å². The lowest BCUT2D eigenvalue weighted by molar-refractivity contribution is 0.349. The number of imidazole rings is 1. The molecular weight excluding hydrogens is 254 g/mol. The summed E-state index contributed by atoms with van der Waals surface area (Å²) in [6.07, 6.45) is 8.19. The van der Waals surface area contributed by atoms with Crippen molar-refractivity contribution >= 4 is 5.82 Å². The molecule has 3 heterocycles. The Labute approximate surface area is 117 Å². The van der Waals surface area contributed by atoms with Gasteiger partial charge in [-0.3, -0.25) is 4.79 Å². The molecule has 0 N–H and O–H groups in total. The maximum atomic E-state index is 12.0. The van der Waals surface area contributed by atoms with Crippen molar-refractivity contribution in [2.45, 2.75) is 19.9 Å². The first-order chi connectivity index (χ1) is 9.69. The Bertz CT molecular complexity index is 654. The number of anilines is 1. The van der Waals surface area contributed by atoms with Gasteiger partial charge >= 0.3 is 0 Å². The van der Waals surface area contributed by atoms with E-state index in [4.69, 9.17) is 0 Å². The van der Waals surface area contributed by atoms with Crippen LogP contribution in [0.3, 0.4) is 0 Å². The van der Waals surface area contributed by atoms with Gasteiger partial charge in [-0.15, -0.1) is 0 Å². The predicted molar refractivity (Wildman–Crippen MR) is 76.8 cm³/mol. The molecule has 0 aromatic carbocycles. The van der Waals surface area contributed by atoms with Crippen LogP contribution in [0.15, 0.2) is 29.6 Å². The molecule has 2 aromatic heterocycles. The van der Waals surface area contributed by atoms with Crippen molar-refractivity contribution in [2.24, 2.45) is 13.0 Å². The fourth-order valence-electron chi connectivity index (χ4n) is 2.66. The van der Waals surface area contributed by atoms with E-state index < -0.39 is 0 Å². The quantitative estimate of drug-likeness (QED) is 0.822. The first-order valence-corrected chi connectivity index (χ1v) is 6.95. The van der Waals surface area contributed by atoms with Gasteiger partial charge in [0.15, 0.2) is 5.82 Å². The van der Waals surface area contributed by atoms with Gasteiger partial charge < -0.3 is 14.0 Å². The molecule has 0 bridgehead atoms. The van der Waals surface area contributed by atoms with Crippen molar-refractivity contribution in [3.8, 4) is 0 Å². The molecule has 20 heavy (non-hydrogen) atoms. The minimum absolute atomic E-state index is 0.0252. The monoisotopic (exact) mass is 273 g/mol. The average molecular weight is 273 g/mol. The second-order valence-electron chi connectivity index (χ2n) is 5.29. The molecule has 0 atom stereocenters. The van der Waals surface area contributed by atoms with E-state index in [0.29, 0.717) is 11.7 Å². The zero-order valence-corrected chi connectivity index (χ0v) is 11.9. The predicted octanol–water partition coefficient (Wildman–Crippen LogP) is 0.676. The maximum Gasteiger partial charge on any atom is 0.293 e. The second kappa shape index (κ2) is 5.11. The van der Waals surface area contributed by atoms with Gasteiger partial charge in [-0.05, 0) is 0 Å². The molecule has 0 unspecified atom stereocenters. The number of hydrogen-bond acceptors (Lipinski definition) is 4. The van der Waals surface area contributed by atoms with Crippen molar-refractivity contribution < 1.29 is 0 Å². The van der Waals surface area contributed by atoms with Gasteiger partial charge in [0.1, 0.15) is 5.82 Å². The average Bonchev–Trinajstić information content (AvgIpc) is 2.84. The lowest BCUT2D eigenvalue weighted by atomic mass is 10.00. The maximum absolute atomic E-state index is 12.0. The van der Waals surface area contributed by atoms with Gasteiger partial charge in [0.2, 0.25) is 0 Å². The molecule has 2 aromatic rings. The molecule has 1 aliphatic heterocycles. The van der Waals surface area contributed by atoms with Gasteiger partial charge in [-0.25, -0.2) is 9.97 Å². The molecule has 0 saturated carbocycles. The zero-order chi connectivity index (χ0) is 14.1. The van der Waals surface area contributed by atoms with Gasteiger partial charge in [0.05, 0.1) is 0 Å². The third kappa shape index (κ3) is 2.21. The number of aryl methyl sites for hydroxylation is 2. The van der Waals surface area contributed by atoms with E-state index in [0.717, 1.165) is 31.9 Å². The number of nitrogens with zero attached hydrogens (tertiary/aromatic N) is 5. The van der Waals surface area contributed by atoms with Crippen LogP contribution in [0, 0.1) is 5.92 Å². The van der Waals surface area contributed by atoms with E-state index in [1.807, 2.05) is 12.4 Å². The van der Waals surface area contributed by atoms with Gasteiger partial charge in [-0.1, -0.05) is 6.92 Å². The lowest BCUT2D eigenvalue weighted by Gasteiger charge is -2.40. The molecule has 106 valence electrons. The number of rotatable bonds is 4. The van der Waals surface area contributed by atoms with E-state index >= 15 is 0 Å². The summed E-state index contributed by atoms with van der Waals surface area (Å²) in [6.45, 7) is 4.84. The van der Waals surface area contributed by atoms with Gasteiger partial charge in [-0.2, -0.15) is 0 Å². The Kier molecular flexibility index (Phi) is 3.30. The smallest absolute Gasteiger partial charge is 0.293 e. The van der Waals surface area contributed by atoms with Crippen LogP contribution in [-0.4, -0.2) is 32.2 Å². The van der Waals surface area contributed by atoms with Crippen LogP contribution in [0.5, 0.6) is 0 Å². The summed E-state index contributed by atoms with van der Waals surface area (Å²) in [5, 5.41) is 0. The third-order valence-corrected chi connectivity index (χ3v) is 3.83. The molecule has 6 nitrogen and oxygen atoms in total. The summed E-state index contributed by atoms with van der Waals surface area (Å²) in [5.41, 5.74) is -0.0252. The summed E-state index contributed by atoms with van der Waals surface area (Å²) in [7, 11) is 1.75. The van der Waals surface area contributed by atoms with Crippen molar-refractivity contribution in [3.63, 3.8) is 0 Å². The standard InChI is InChI=1S/C14H19N5O/c1-3-12-15-5-7-18(12)8-11-9-19(10-11)13-14(20)17(2)6-4-16-13/h4-7,11H,3,8-10H2,1-2H3. The lowest BCUT2D eigenvalue weighted by Crippen LogP contribution is -2.51. The Hall–Kier alpha value is -2.11. The van der Waals surface area contributed by atoms with Crippen LogP contribution < -0.4 is 10.5 Å². The van der Waals surface area contributed by atoms with Crippen LogP contribution in [0.25, 0.3) is 0 Å². The van der Waals surface area contributed by atoms with Crippen LogP contribution in [0.4, 0.5) is 5.82 Å². The fraction of sp³-hybridized carbons (Fsp3) is 0.500. The summed E-state index contributed by atoms with van der Waals surface area (Å²) in [6, 6.07) is 0. The molecule has 0 spiro atoms. The summed E-state index contributed by atoms with van der Waals surface area (Å²) in [5.74, 6) is 2.24. The molecule has 6 heteroatoms. The number of aromatic nitrogens is 4. The van der Waals surface area contributed by atoms with Crippen molar-refractivity contribution in [1.29, 1.82) is 0 Å². The number of hydrogen-bond donors (Lipinski definition) is 0. The Morgan fingerprint density at radius 1 is 1.25 bits per heavy atom. The molecule has 1 saturated heterocycles. The molecule has 1 fully saturated rings. The van der Waals surface area contributed by atoms with E-state index in [1.54, 1.807) is 24.0 Å². The Balaban J connectivity index is 1.64.